The van der Waals surface area contributed by atoms with Crippen LogP contribution in [0.3, 0.4) is 0 Å². The number of rotatable bonds is 18. The Hall–Kier alpha value is 0.217. The van der Waals surface area contributed by atoms with E-state index in [2.05, 4.69) is 27.7 Å². The molecule has 0 aliphatic rings. The fourth-order valence-electron chi connectivity index (χ4n) is 3.90. The molecule has 0 spiro atoms. The van der Waals surface area contributed by atoms with Crippen LogP contribution in [0.4, 0.5) is 0 Å². The molecule has 1 radical (unpaired) electrons. The minimum atomic E-state index is -0.824. The molecule has 0 amide bonds. The molecular weight excluding hydrogens is 292 g/mol. The summed E-state index contributed by atoms with van der Waals surface area (Å²) in [4.78, 5) is 0. The second kappa shape index (κ2) is 17.1. The molecule has 0 aliphatic heterocycles. The summed E-state index contributed by atoms with van der Waals surface area (Å²) >= 11 is 0. The Balaban J connectivity index is 3.25. The van der Waals surface area contributed by atoms with Crippen LogP contribution in [0.5, 0.6) is 0 Å². The number of hydrogen-bond acceptors (Lipinski definition) is 0. The van der Waals surface area contributed by atoms with Crippen LogP contribution in [0.1, 0.15) is 111 Å². The van der Waals surface area contributed by atoms with Crippen molar-refractivity contribution in [1.29, 1.82) is 0 Å². The fraction of sp³-hybridized carbons (Fsp3) is 0.955. The van der Waals surface area contributed by atoms with Crippen molar-refractivity contribution < 1.29 is 0 Å². The predicted molar refractivity (Wildman–Crippen MR) is 112 cm³/mol. The topological polar surface area (TPSA) is 0 Å². The summed E-state index contributed by atoms with van der Waals surface area (Å²) < 4.78 is 0. The summed E-state index contributed by atoms with van der Waals surface area (Å²) in [6, 6.07) is 6.13. The SMILES string of the molecule is [CH2]CCCCCCCCCCCCCCC[Si](CC)(CC)CC. The zero-order chi connectivity index (χ0) is 17.2. The van der Waals surface area contributed by atoms with E-state index in [1.54, 1.807) is 6.04 Å². The van der Waals surface area contributed by atoms with Crippen molar-refractivity contribution in [1.82, 2.24) is 0 Å². The van der Waals surface area contributed by atoms with Gasteiger partial charge in [0.25, 0.3) is 0 Å². The molecule has 0 aromatic rings. The van der Waals surface area contributed by atoms with Gasteiger partial charge < -0.3 is 0 Å². The molecular formula is C22H47Si. The van der Waals surface area contributed by atoms with Gasteiger partial charge in [0, 0.05) is 0 Å². The molecule has 0 saturated heterocycles. The third-order valence-electron chi connectivity index (χ3n) is 6.21. The van der Waals surface area contributed by atoms with Gasteiger partial charge in [-0.2, -0.15) is 0 Å². The van der Waals surface area contributed by atoms with Gasteiger partial charge in [0.15, 0.2) is 0 Å². The van der Waals surface area contributed by atoms with Gasteiger partial charge in [-0.05, 0) is 0 Å². The summed E-state index contributed by atoms with van der Waals surface area (Å²) in [5.74, 6) is 0. The Labute approximate surface area is 150 Å². The van der Waals surface area contributed by atoms with Crippen LogP contribution in [-0.2, 0) is 0 Å². The molecule has 0 N–H and O–H groups in total. The molecule has 139 valence electrons. The van der Waals surface area contributed by atoms with Gasteiger partial charge >= 0.3 is 0 Å². The normalized spacial score (nSPS) is 12.0. The van der Waals surface area contributed by atoms with Gasteiger partial charge in [-0.3, -0.25) is 0 Å². The van der Waals surface area contributed by atoms with E-state index in [0.29, 0.717) is 0 Å². The Morgan fingerprint density at radius 1 is 0.478 bits per heavy atom. The molecule has 0 rings (SSSR count). The molecule has 0 nitrogen and oxygen atoms in total. The quantitative estimate of drug-likeness (QED) is 0.173. The molecule has 0 heterocycles. The van der Waals surface area contributed by atoms with E-state index in [4.69, 9.17) is 0 Å². The highest BCUT2D eigenvalue weighted by atomic mass is 28.3. The lowest BCUT2D eigenvalue weighted by Gasteiger charge is -2.28. The van der Waals surface area contributed by atoms with E-state index in [1.807, 2.05) is 0 Å². The van der Waals surface area contributed by atoms with Gasteiger partial charge in [0.1, 0.15) is 0 Å². The first kappa shape index (κ1) is 23.2. The summed E-state index contributed by atoms with van der Waals surface area (Å²) in [6.45, 7) is 11.2. The third kappa shape index (κ3) is 13.2. The summed E-state index contributed by atoms with van der Waals surface area (Å²) in [5, 5.41) is 0. The fourth-order valence-corrected chi connectivity index (χ4v) is 7.46. The van der Waals surface area contributed by atoms with Gasteiger partial charge in [-0.25, -0.2) is 0 Å². The van der Waals surface area contributed by atoms with E-state index in [9.17, 15) is 0 Å². The van der Waals surface area contributed by atoms with Gasteiger partial charge in [0.2, 0.25) is 0 Å². The Kier molecular flexibility index (Phi) is 17.2. The summed E-state index contributed by atoms with van der Waals surface area (Å²) in [6.07, 6.45) is 20.1. The average Bonchev–Trinajstić information content (AvgIpc) is 2.59. The van der Waals surface area contributed by atoms with Crippen molar-refractivity contribution in [3.63, 3.8) is 0 Å². The van der Waals surface area contributed by atoms with Crippen LogP contribution in [0, 0.1) is 6.92 Å². The van der Waals surface area contributed by atoms with E-state index in [-0.39, 0.29) is 0 Å². The van der Waals surface area contributed by atoms with E-state index in [1.165, 1.54) is 102 Å². The van der Waals surface area contributed by atoms with Crippen molar-refractivity contribution in [2.24, 2.45) is 0 Å². The molecule has 0 aromatic heterocycles. The van der Waals surface area contributed by atoms with Crippen LogP contribution in [-0.4, -0.2) is 8.07 Å². The number of hydrogen-bond donors (Lipinski definition) is 0. The van der Waals surface area contributed by atoms with E-state index >= 15 is 0 Å². The Morgan fingerprint density at radius 3 is 1.09 bits per heavy atom. The van der Waals surface area contributed by atoms with Crippen molar-refractivity contribution in [2.45, 2.75) is 135 Å². The highest BCUT2D eigenvalue weighted by Gasteiger charge is 2.25. The monoisotopic (exact) mass is 339 g/mol. The second-order valence-corrected chi connectivity index (χ2v) is 13.4. The minimum Gasteiger partial charge on any atom is -0.0678 e. The van der Waals surface area contributed by atoms with Crippen LogP contribution in [0.25, 0.3) is 0 Å². The average molecular weight is 340 g/mol. The van der Waals surface area contributed by atoms with Gasteiger partial charge in [-0.1, -0.05) is 142 Å². The Morgan fingerprint density at radius 2 is 0.783 bits per heavy atom. The largest absolute Gasteiger partial charge is 0.0678 e. The zero-order valence-electron chi connectivity index (χ0n) is 16.9. The van der Waals surface area contributed by atoms with Gasteiger partial charge in [0.05, 0.1) is 8.07 Å². The number of unbranched alkanes of at least 4 members (excludes halogenated alkanes) is 13. The first-order chi connectivity index (χ1) is 11.2. The van der Waals surface area contributed by atoms with Crippen LogP contribution >= 0.6 is 0 Å². The lowest BCUT2D eigenvalue weighted by Crippen LogP contribution is -2.30. The molecule has 0 saturated carbocycles. The molecule has 23 heavy (non-hydrogen) atoms. The van der Waals surface area contributed by atoms with E-state index in [0.717, 1.165) is 6.42 Å². The highest BCUT2D eigenvalue weighted by molar-refractivity contribution is 6.79. The Bertz CT molecular complexity index is 212. The van der Waals surface area contributed by atoms with E-state index < -0.39 is 8.07 Å². The maximum absolute atomic E-state index is 3.91. The van der Waals surface area contributed by atoms with Crippen molar-refractivity contribution in [3.05, 3.63) is 6.92 Å². The smallest absolute Gasteiger partial charge is 0.0527 e. The lowest BCUT2D eigenvalue weighted by molar-refractivity contribution is 0.539. The van der Waals surface area contributed by atoms with Crippen LogP contribution < -0.4 is 0 Å². The van der Waals surface area contributed by atoms with Crippen molar-refractivity contribution in [3.8, 4) is 0 Å². The zero-order valence-corrected chi connectivity index (χ0v) is 17.9. The molecule has 0 aliphatic carbocycles. The highest BCUT2D eigenvalue weighted by Crippen LogP contribution is 2.27. The molecule has 0 aromatic carbocycles. The molecule has 0 unspecified atom stereocenters. The van der Waals surface area contributed by atoms with Crippen LogP contribution in [0.15, 0.2) is 0 Å². The van der Waals surface area contributed by atoms with Gasteiger partial charge in [-0.15, -0.1) is 0 Å². The molecule has 0 fully saturated rings. The first-order valence-electron chi connectivity index (χ1n) is 11.0. The summed E-state index contributed by atoms with van der Waals surface area (Å²) in [7, 11) is -0.824. The van der Waals surface area contributed by atoms with Crippen LogP contribution in [0.2, 0.25) is 24.2 Å². The summed E-state index contributed by atoms with van der Waals surface area (Å²) in [5.41, 5.74) is 0. The first-order valence-corrected chi connectivity index (χ1v) is 13.9. The predicted octanol–water partition coefficient (Wildman–Crippen LogP) is 8.79. The molecule has 1 heteroatoms. The van der Waals surface area contributed by atoms with Crippen molar-refractivity contribution in [2.75, 3.05) is 0 Å². The maximum atomic E-state index is 3.91. The lowest BCUT2D eigenvalue weighted by atomic mass is 10.0. The minimum absolute atomic E-state index is 0.824. The second-order valence-electron chi connectivity index (χ2n) is 7.76. The third-order valence-corrected chi connectivity index (χ3v) is 12.1. The van der Waals surface area contributed by atoms with Crippen molar-refractivity contribution >= 4 is 8.07 Å². The maximum Gasteiger partial charge on any atom is 0.0527 e. The standard InChI is InChI=1S/C22H47Si/c1-5-9-10-11-12-13-14-15-16-17-18-19-20-21-22-23(6-2,7-3)8-4/h1,5-22H2,2-4H3. The molecule has 0 atom stereocenters. The molecule has 0 bridgehead atoms.